The predicted molar refractivity (Wildman–Crippen MR) is 64.0 cm³/mol. The first-order valence-corrected chi connectivity index (χ1v) is 5.20. The predicted octanol–water partition coefficient (Wildman–Crippen LogP) is -0.0957. The molecule has 0 saturated carbocycles. The zero-order valence-corrected chi connectivity index (χ0v) is 9.25. The number of nitrogens with one attached hydrogen (secondary N) is 2. The topological polar surface area (TPSA) is 112 Å². The maximum Gasteiger partial charge on any atom is 0.328 e. The Morgan fingerprint density at radius 3 is 3.06 bits per heavy atom. The van der Waals surface area contributed by atoms with E-state index in [0.29, 0.717) is 17.1 Å². The van der Waals surface area contributed by atoms with E-state index in [1.807, 2.05) is 0 Å². The number of rotatable bonds is 2. The van der Waals surface area contributed by atoms with Gasteiger partial charge in [0.2, 0.25) is 0 Å². The van der Waals surface area contributed by atoms with Crippen molar-refractivity contribution in [1.82, 2.24) is 4.98 Å². The third-order valence-electron chi connectivity index (χ3n) is 2.36. The van der Waals surface area contributed by atoms with Crippen LogP contribution in [0.1, 0.15) is 5.56 Å². The number of carbonyl (C=O) groups is 2. The SMILES string of the molecule is O=C(O)/C=C/c1cnc2c(c1)NC[C@@H](O)C(=O)N2. The van der Waals surface area contributed by atoms with Crippen molar-refractivity contribution in [3.05, 3.63) is 23.9 Å². The molecule has 0 radical (unpaired) electrons. The minimum absolute atomic E-state index is 0.0760. The van der Waals surface area contributed by atoms with Gasteiger partial charge in [-0.15, -0.1) is 0 Å². The number of aliphatic hydroxyl groups excluding tert-OH is 1. The lowest BCUT2D eigenvalue weighted by Gasteiger charge is -2.06. The van der Waals surface area contributed by atoms with Crippen LogP contribution in [0.5, 0.6) is 0 Å². The summed E-state index contributed by atoms with van der Waals surface area (Å²) in [4.78, 5) is 25.7. The molecule has 1 aromatic heterocycles. The number of carboxylic acids is 1. The van der Waals surface area contributed by atoms with Gasteiger partial charge >= 0.3 is 5.97 Å². The Balaban J connectivity index is 2.28. The molecule has 94 valence electrons. The molecule has 2 heterocycles. The molecule has 0 spiro atoms. The molecule has 2 rings (SSSR count). The van der Waals surface area contributed by atoms with E-state index in [-0.39, 0.29) is 6.54 Å². The number of nitrogens with zero attached hydrogens (tertiary/aromatic N) is 1. The van der Waals surface area contributed by atoms with Gasteiger partial charge in [-0.05, 0) is 17.7 Å². The lowest BCUT2D eigenvalue weighted by molar-refractivity contribution is -0.131. The van der Waals surface area contributed by atoms with Crippen LogP contribution in [0.25, 0.3) is 6.08 Å². The van der Waals surface area contributed by atoms with Crippen LogP contribution >= 0.6 is 0 Å². The molecule has 0 unspecified atom stereocenters. The van der Waals surface area contributed by atoms with Crippen molar-refractivity contribution in [2.75, 3.05) is 17.2 Å². The van der Waals surface area contributed by atoms with Crippen LogP contribution in [-0.2, 0) is 9.59 Å². The Morgan fingerprint density at radius 2 is 2.33 bits per heavy atom. The highest BCUT2D eigenvalue weighted by Crippen LogP contribution is 2.23. The van der Waals surface area contributed by atoms with Gasteiger partial charge in [-0.25, -0.2) is 9.78 Å². The zero-order chi connectivity index (χ0) is 13.1. The summed E-state index contributed by atoms with van der Waals surface area (Å²) in [5.74, 6) is -1.27. The molecule has 0 bridgehead atoms. The van der Waals surface area contributed by atoms with Crippen LogP contribution < -0.4 is 10.6 Å². The maximum absolute atomic E-state index is 11.3. The first kappa shape index (κ1) is 12.1. The van der Waals surface area contributed by atoms with Crippen LogP contribution in [0.3, 0.4) is 0 Å². The standard InChI is InChI=1S/C11H11N3O4/c15-8-5-12-7-3-6(1-2-9(16)17)4-13-10(7)14-11(8)18/h1-4,8,12,15H,5H2,(H,16,17)(H,13,14,18)/b2-1+/t8-/m1/s1. The molecule has 18 heavy (non-hydrogen) atoms. The normalized spacial score (nSPS) is 18.7. The van der Waals surface area contributed by atoms with E-state index < -0.39 is 18.0 Å². The van der Waals surface area contributed by atoms with Crippen molar-refractivity contribution in [2.45, 2.75) is 6.10 Å². The van der Waals surface area contributed by atoms with Gasteiger partial charge in [-0.3, -0.25) is 4.79 Å². The molecule has 7 nitrogen and oxygen atoms in total. The summed E-state index contributed by atoms with van der Waals surface area (Å²) >= 11 is 0. The summed E-state index contributed by atoms with van der Waals surface area (Å²) in [6.07, 6.45) is 2.67. The van der Waals surface area contributed by atoms with Crippen molar-refractivity contribution in [3.8, 4) is 0 Å². The molecule has 1 aliphatic heterocycles. The number of anilines is 2. The Kier molecular flexibility index (Phi) is 3.24. The van der Waals surface area contributed by atoms with E-state index in [4.69, 9.17) is 5.11 Å². The summed E-state index contributed by atoms with van der Waals surface area (Å²) in [7, 11) is 0. The molecule has 7 heteroatoms. The van der Waals surface area contributed by atoms with Crippen LogP contribution in [0.4, 0.5) is 11.5 Å². The van der Waals surface area contributed by atoms with Gasteiger partial charge in [0.1, 0.15) is 6.10 Å². The highest BCUT2D eigenvalue weighted by atomic mass is 16.4. The van der Waals surface area contributed by atoms with E-state index in [9.17, 15) is 14.7 Å². The summed E-state index contributed by atoms with van der Waals surface area (Å²) in [5, 5.41) is 23.2. The van der Waals surface area contributed by atoms with E-state index in [0.717, 1.165) is 6.08 Å². The highest BCUT2D eigenvalue weighted by molar-refractivity contribution is 5.97. The van der Waals surface area contributed by atoms with Crippen LogP contribution in [0.15, 0.2) is 18.3 Å². The molecule has 0 saturated heterocycles. The van der Waals surface area contributed by atoms with Crippen molar-refractivity contribution in [3.63, 3.8) is 0 Å². The minimum Gasteiger partial charge on any atom is -0.478 e. The first-order chi connectivity index (χ1) is 8.56. The summed E-state index contributed by atoms with van der Waals surface area (Å²) in [6, 6.07) is 1.64. The smallest absolute Gasteiger partial charge is 0.328 e. The van der Waals surface area contributed by atoms with Gasteiger partial charge < -0.3 is 20.8 Å². The monoisotopic (exact) mass is 249 g/mol. The number of fused-ring (bicyclic) bond motifs is 1. The molecule has 1 atom stereocenters. The second kappa shape index (κ2) is 4.84. The van der Waals surface area contributed by atoms with Gasteiger partial charge in [-0.1, -0.05) is 0 Å². The number of aliphatic hydroxyl groups is 1. The highest BCUT2D eigenvalue weighted by Gasteiger charge is 2.21. The fourth-order valence-corrected chi connectivity index (χ4v) is 1.47. The Hall–Kier alpha value is -2.41. The average molecular weight is 249 g/mol. The first-order valence-electron chi connectivity index (χ1n) is 5.20. The molecule has 4 N–H and O–H groups in total. The molecular weight excluding hydrogens is 238 g/mol. The molecular formula is C11H11N3O4. The minimum atomic E-state index is -1.14. The van der Waals surface area contributed by atoms with Crippen molar-refractivity contribution < 1.29 is 19.8 Å². The van der Waals surface area contributed by atoms with Gasteiger partial charge in [0.05, 0.1) is 5.69 Å². The second-order valence-electron chi connectivity index (χ2n) is 3.72. The largest absolute Gasteiger partial charge is 0.478 e. The summed E-state index contributed by atoms with van der Waals surface area (Å²) in [6.45, 7) is 0.0760. The van der Waals surface area contributed by atoms with E-state index in [1.54, 1.807) is 6.07 Å². The number of amides is 1. The van der Waals surface area contributed by atoms with Crippen molar-refractivity contribution in [1.29, 1.82) is 0 Å². The van der Waals surface area contributed by atoms with E-state index in [2.05, 4.69) is 15.6 Å². The second-order valence-corrected chi connectivity index (χ2v) is 3.72. The van der Waals surface area contributed by atoms with Gasteiger partial charge in [0.15, 0.2) is 5.82 Å². The van der Waals surface area contributed by atoms with Crippen LogP contribution in [0.2, 0.25) is 0 Å². The Labute approximate surface area is 102 Å². The van der Waals surface area contributed by atoms with Crippen molar-refractivity contribution >= 4 is 29.5 Å². The third kappa shape index (κ3) is 2.64. The van der Waals surface area contributed by atoms with Gasteiger partial charge in [0, 0.05) is 18.8 Å². The van der Waals surface area contributed by atoms with Gasteiger partial charge in [-0.2, -0.15) is 0 Å². The van der Waals surface area contributed by atoms with Gasteiger partial charge in [0.25, 0.3) is 5.91 Å². The maximum atomic E-state index is 11.3. The number of hydrogen-bond donors (Lipinski definition) is 4. The fourth-order valence-electron chi connectivity index (χ4n) is 1.47. The zero-order valence-electron chi connectivity index (χ0n) is 9.25. The summed E-state index contributed by atoms with van der Waals surface area (Å²) in [5.41, 5.74) is 1.11. The average Bonchev–Trinajstić information content (AvgIpc) is 2.47. The Morgan fingerprint density at radius 1 is 1.56 bits per heavy atom. The third-order valence-corrected chi connectivity index (χ3v) is 2.36. The number of aliphatic carboxylic acids is 1. The number of carbonyl (C=O) groups excluding carboxylic acids is 1. The van der Waals surface area contributed by atoms with Crippen LogP contribution in [-0.4, -0.2) is 39.7 Å². The molecule has 0 aromatic carbocycles. The fraction of sp³-hybridized carbons (Fsp3) is 0.182. The molecule has 1 amide bonds. The number of carboxylic acid groups (broad SMARTS) is 1. The van der Waals surface area contributed by atoms with Crippen LogP contribution in [0, 0.1) is 0 Å². The molecule has 1 aromatic rings. The number of hydrogen-bond acceptors (Lipinski definition) is 5. The number of pyridine rings is 1. The Bertz CT molecular complexity index is 527. The van der Waals surface area contributed by atoms with E-state index in [1.165, 1.54) is 12.3 Å². The lowest BCUT2D eigenvalue weighted by atomic mass is 10.2. The quantitative estimate of drug-likeness (QED) is 0.545. The van der Waals surface area contributed by atoms with E-state index >= 15 is 0 Å². The molecule has 0 aliphatic carbocycles. The molecule has 0 fully saturated rings. The van der Waals surface area contributed by atoms with Crippen molar-refractivity contribution in [2.24, 2.45) is 0 Å². The number of β-amino-alcohol motifs (C(OH)–C–C–N with tert-alkyl or cyclic N) is 1. The molecule has 1 aliphatic rings. The summed E-state index contributed by atoms with van der Waals surface area (Å²) < 4.78 is 0. The number of aromatic nitrogens is 1. The lowest BCUT2D eigenvalue weighted by Crippen LogP contribution is -2.30.